The maximum Gasteiger partial charge on any atom is 0.343 e. The Bertz CT molecular complexity index is 1190. The summed E-state index contributed by atoms with van der Waals surface area (Å²) in [6, 6.07) is 25.9. The van der Waals surface area contributed by atoms with Crippen molar-refractivity contribution in [3.63, 3.8) is 0 Å². The van der Waals surface area contributed by atoms with Gasteiger partial charge in [-0.1, -0.05) is 80.6 Å². The fraction of sp³-hybridized carbons (Fsp3) is 0.233. The molecule has 0 amide bonds. The summed E-state index contributed by atoms with van der Waals surface area (Å²) < 4.78 is 6.15. The summed E-state index contributed by atoms with van der Waals surface area (Å²) in [5.41, 5.74) is 5.92. The molecule has 1 unspecified atom stereocenters. The summed E-state index contributed by atoms with van der Waals surface area (Å²) in [4.78, 5) is 15.2. The van der Waals surface area contributed by atoms with Crippen LogP contribution in [-0.2, 0) is 4.74 Å². The van der Waals surface area contributed by atoms with E-state index in [0.29, 0.717) is 11.3 Å². The van der Waals surface area contributed by atoms with Crippen molar-refractivity contribution in [1.82, 2.24) is 0 Å². The molecule has 0 N–H and O–H groups in total. The van der Waals surface area contributed by atoms with Gasteiger partial charge in [0.25, 0.3) is 0 Å². The van der Waals surface area contributed by atoms with Crippen molar-refractivity contribution in [1.29, 1.82) is 0 Å². The fourth-order valence-corrected chi connectivity index (χ4v) is 4.89. The normalized spacial score (nSPS) is 17.6. The molecule has 0 saturated heterocycles. The Morgan fingerprint density at radius 1 is 0.788 bits per heavy atom. The van der Waals surface area contributed by atoms with Crippen LogP contribution in [0.15, 0.2) is 103 Å². The van der Waals surface area contributed by atoms with E-state index in [1.54, 1.807) is 12.1 Å². The standard InChI is InChI=1S/C30H31NO2/c1-21-13-12-14-22(2)28(21)31-19-23(3)27(24-15-8-6-9-16-24)30(4,5)26(20-31)33-29(32)25-17-10-7-11-18-25/h6-20,27H,1-5H3. The second-order valence-electron chi connectivity index (χ2n) is 9.34. The van der Waals surface area contributed by atoms with Gasteiger partial charge in [-0.25, -0.2) is 4.79 Å². The summed E-state index contributed by atoms with van der Waals surface area (Å²) >= 11 is 0. The highest BCUT2D eigenvalue weighted by atomic mass is 16.5. The van der Waals surface area contributed by atoms with Crippen molar-refractivity contribution in [3.05, 3.63) is 125 Å². The van der Waals surface area contributed by atoms with E-state index in [-0.39, 0.29) is 11.9 Å². The largest absolute Gasteiger partial charge is 0.425 e. The number of para-hydroxylation sites is 1. The molecule has 168 valence electrons. The summed E-state index contributed by atoms with van der Waals surface area (Å²) in [7, 11) is 0. The molecular formula is C30H31NO2. The number of rotatable bonds is 4. The number of allylic oxidation sites excluding steroid dienone is 2. The highest BCUT2D eigenvalue weighted by molar-refractivity contribution is 5.90. The predicted molar refractivity (Wildman–Crippen MR) is 135 cm³/mol. The average Bonchev–Trinajstić information content (AvgIpc) is 2.88. The van der Waals surface area contributed by atoms with Gasteiger partial charge >= 0.3 is 5.97 Å². The molecule has 0 spiro atoms. The van der Waals surface area contributed by atoms with Gasteiger partial charge in [-0.3, -0.25) is 0 Å². The average molecular weight is 438 g/mol. The number of aryl methyl sites for hydroxylation is 2. The SMILES string of the molecule is CC1=CN(c2c(C)cccc2C)C=C(OC(=O)c2ccccc2)C(C)(C)C1c1ccccc1. The zero-order valence-corrected chi connectivity index (χ0v) is 20.0. The Kier molecular flexibility index (Phi) is 6.24. The van der Waals surface area contributed by atoms with Crippen LogP contribution in [0.4, 0.5) is 5.69 Å². The smallest absolute Gasteiger partial charge is 0.343 e. The maximum atomic E-state index is 13.1. The summed E-state index contributed by atoms with van der Waals surface area (Å²) in [6.45, 7) is 10.7. The number of esters is 1. The van der Waals surface area contributed by atoms with Gasteiger partial charge in [0.2, 0.25) is 0 Å². The van der Waals surface area contributed by atoms with E-state index in [0.717, 1.165) is 5.69 Å². The first kappa shape index (κ1) is 22.6. The van der Waals surface area contributed by atoms with Crippen LogP contribution in [0, 0.1) is 19.3 Å². The number of anilines is 1. The van der Waals surface area contributed by atoms with Gasteiger partial charge in [0.15, 0.2) is 0 Å². The molecule has 1 aliphatic rings. The second kappa shape index (κ2) is 9.11. The minimum atomic E-state index is -0.461. The van der Waals surface area contributed by atoms with E-state index in [2.05, 4.69) is 88.2 Å². The van der Waals surface area contributed by atoms with Crippen molar-refractivity contribution in [3.8, 4) is 0 Å². The Labute approximate surface area is 197 Å². The maximum absolute atomic E-state index is 13.1. The molecule has 3 heteroatoms. The van der Waals surface area contributed by atoms with Crippen molar-refractivity contribution in [2.45, 2.75) is 40.5 Å². The highest BCUT2D eigenvalue weighted by Gasteiger charge is 2.40. The Morgan fingerprint density at radius 2 is 1.36 bits per heavy atom. The van der Waals surface area contributed by atoms with Gasteiger partial charge in [-0.2, -0.15) is 0 Å². The van der Waals surface area contributed by atoms with Crippen LogP contribution in [0.1, 0.15) is 53.7 Å². The summed E-state index contributed by atoms with van der Waals surface area (Å²) in [6.07, 6.45) is 4.17. The number of carbonyl (C=O) groups is 1. The molecule has 4 rings (SSSR count). The fourth-order valence-electron chi connectivity index (χ4n) is 4.89. The third-order valence-electron chi connectivity index (χ3n) is 6.45. The molecule has 0 fully saturated rings. The predicted octanol–water partition coefficient (Wildman–Crippen LogP) is 7.54. The molecule has 3 nitrogen and oxygen atoms in total. The first-order valence-electron chi connectivity index (χ1n) is 11.4. The number of nitrogens with zero attached hydrogens (tertiary/aromatic N) is 1. The number of hydrogen-bond acceptors (Lipinski definition) is 3. The zero-order valence-electron chi connectivity index (χ0n) is 20.0. The summed E-state index contributed by atoms with van der Waals surface area (Å²) in [5.74, 6) is 0.339. The molecular weight excluding hydrogens is 406 g/mol. The Morgan fingerprint density at radius 3 is 1.97 bits per heavy atom. The van der Waals surface area contributed by atoms with Crippen LogP contribution < -0.4 is 4.90 Å². The lowest BCUT2D eigenvalue weighted by molar-refractivity contribution is 0.0533. The Balaban J connectivity index is 1.87. The monoisotopic (exact) mass is 437 g/mol. The molecule has 1 aliphatic heterocycles. The lowest BCUT2D eigenvalue weighted by Gasteiger charge is -2.35. The van der Waals surface area contributed by atoms with Crippen molar-refractivity contribution in [2.24, 2.45) is 5.41 Å². The van der Waals surface area contributed by atoms with E-state index < -0.39 is 5.41 Å². The van der Waals surface area contributed by atoms with E-state index >= 15 is 0 Å². The van der Waals surface area contributed by atoms with E-state index in [9.17, 15) is 4.79 Å². The number of hydrogen-bond donors (Lipinski definition) is 0. The minimum Gasteiger partial charge on any atom is -0.425 e. The molecule has 33 heavy (non-hydrogen) atoms. The van der Waals surface area contributed by atoms with Crippen LogP contribution in [0.5, 0.6) is 0 Å². The van der Waals surface area contributed by atoms with Crippen LogP contribution in [0.2, 0.25) is 0 Å². The third kappa shape index (κ3) is 4.49. The van der Waals surface area contributed by atoms with Gasteiger partial charge in [-0.05, 0) is 55.2 Å². The molecule has 3 aromatic carbocycles. The number of benzene rings is 3. The van der Waals surface area contributed by atoms with Crippen molar-refractivity contribution >= 4 is 11.7 Å². The Hall–Kier alpha value is -3.59. The van der Waals surface area contributed by atoms with Crippen LogP contribution in [0.25, 0.3) is 0 Å². The van der Waals surface area contributed by atoms with Gasteiger partial charge in [0.1, 0.15) is 5.76 Å². The quantitative estimate of drug-likeness (QED) is 0.395. The van der Waals surface area contributed by atoms with E-state index in [4.69, 9.17) is 4.74 Å². The molecule has 1 atom stereocenters. The van der Waals surface area contributed by atoms with Crippen LogP contribution >= 0.6 is 0 Å². The van der Waals surface area contributed by atoms with Crippen molar-refractivity contribution < 1.29 is 9.53 Å². The van der Waals surface area contributed by atoms with E-state index in [1.807, 2.05) is 30.5 Å². The number of carbonyl (C=O) groups excluding carboxylic acids is 1. The second-order valence-corrected chi connectivity index (χ2v) is 9.34. The first-order valence-corrected chi connectivity index (χ1v) is 11.4. The summed E-state index contributed by atoms with van der Waals surface area (Å²) in [5, 5.41) is 0. The van der Waals surface area contributed by atoms with Crippen LogP contribution in [-0.4, -0.2) is 5.97 Å². The molecule has 0 saturated carbocycles. The van der Waals surface area contributed by atoms with Gasteiger partial charge in [-0.15, -0.1) is 0 Å². The number of ether oxygens (including phenoxy) is 1. The molecule has 0 aromatic heterocycles. The third-order valence-corrected chi connectivity index (χ3v) is 6.45. The van der Waals surface area contributed by atoms with Gasteiger partial charge in [0.05, 0.1) is 11.3 Å². The van der Waals surface area contributed by atoms with Gasteiger partial charge in [0, 0.05) is 23.7 Å². The zero-order chi connectivity index (χ0) is 23.6. The molecule has 0 radical (unpaired) electrons. The molecule has 0 aliphatic carbocycles. The molecule has 1 heterocycles. The van der Waals surface area contributed by atoms with E-state index in [1.165, 1.54) is 22.3 Å². The van der Waals surface area contributed by atoms with Crippen molar-refractivity contribution in [2.75, 3.05) is 4.90 Å². The van der Waals surface area contributed by atoms with Gasteiger partial charge < -0.3 is 9.64 Å². The lowest BCUT2D eigenvalue weighted by Crippen LogP contribution is -2.28. The highest BCUT2D eigenvalue weighted by Crippen LogP contribution is 2.49. The topological polar surface area (TPSA) is 29.5 Å². The first-order chi connectivity index (χ1) is 15.8. The molecule has 3 aromatic rings. The van der Waals surface area contributed by atoms with Crippen LogP contribution in [0.3, 0.4) is 0 Å². The molecule has 0 bridgehead atoms. The minimum absolute atomic E-state index is 0.0443. The lowest BCUT2D eigenvalue weighted by atomic mass is 9.70.